The number of nitrogens with zero attached hydrogens (tertiary/aromatic N) is 2. The molecule has 1 aliphatic rings. The lowest BCUT2D eigenvalue weighted by atomic mass is 9.75. The first-order valence-electron chi connectivity index (χ1n) is 6.38. The number of rotatable bonds is 2. The summed E-state index contributed by atoms with van der Waals surface area (Å²) in [6.07, 6.45) is 3.07. The zero-order chi connectivity index (χ0) is 14.2. The van der Waals surface area contributed by atoms with Gasteiger partial charge in [0.2, 0.25) is 0 Å². The van der Waals surface area contributed by atoms with Crippen LogP contribution in [0.15, 0.2) is 14.7 Å². The van der Waals surface area contributed by atoms with Crippen molar-refractivity contribution in [3.05, 3.63) is 20.7 Å². The summed E-state index contributed by atoms with van der Waals surface area (Å²) in [5, 5.41) is 3.19. The molecule has 6 nitrogen and oxygen atoms in total. The Balaban J connectivity index is 2.23. The minimum Gasteiger partial charge on any atom is -0.327 e. The Labute approximate surface area is 115 Å². The van der Waals surface area contributed by atoms with Gasteiger partial charge >= 0.3 is 11.1 Å². The third-order valence-electron chi connectivity index (χ3n) is 3.59. The van der Waals surface area contributed by atoms with Crippen LogP contribution in [-0.2, 0) is 7.05 Å². The molecular weight excluding hydrogens is 264 g/mol. The maximum absolute atomic E-state index is 11.3. The highest BCUT2D eigenvalue weighted by Crippen LogP contribution is 2.41. The third kappa shape index (κ3) is 3.27. The van der Waals surface area contributed by atoms with Gasteiger partial charge in [-0.15, -0.1) is 0 Å². The average molecular weight is 284 g/mol. The van der Waals surface area contributed by atoms with E-state index in [4.69, 9.17) is 5.73 Å². The molecule has 2 atom stereocenters. The van der Waals surface area contributed by atoms with Gasteiger partial charge in [0.25, 0.3) is 0 Å². The predicted molar refractivity (Wildman–Crippen MR) is 75.4 cm³/mol. The number of thioether (sulfide) groups is 1. The van der Waals surface area contributed by atoms with Crippen molar-refractivity contribution in [1.29, 1.82) is 0 Å². The van der Waals surface area contributed by atoms with E-state index in [1.807, 2.05) is 0 Å². The van der Waals surface area contributed by atoms with Crippen LogP contribution < -0.4 is 16.9 Å². The molecule has 0 aliphatic heterocycles. The molecule has 0 spiro atoms. The summed E-state index contributed by atoms with van der Waals surface area (Å²) >= 11 is 1.48. The van der Waals surface area contributed by atoms with Gasteiger partial charge in [0.15, 0.2) is 5.16 Å². The number of aryl methyl sites for hydroxylation is 1. The van der Waals surface area contributed by atoms with Crippen LogP contribution in [-0.4, -0.2) is 26.1 Å². The molecule has 106 valence electrons. The van der Waals surface area contributed by atoms with Gasteiger partial charge in [-0.1, -0.05) is 25.6 Å². The van der Waals surface area contributed by atoms with Crippen LogP contribution in [0, 0.1) is 5.41 Å². The fourth-order valence-electron chi connectivity index (χ4n) is 2.37. The smallest absolute Gasteiger partial charge is 0.327 e. The molecule has 0 saturated heterocycles. The van der Waals surface area contributed by atoms with Crippen molar-refractivity contribution in [2.45, 2.75) is 49.6 Å². The normalized spacial score (nSPS) is 26.3. The highest BCUT2D eigenvalue weighted by atomic mass is 32.2. The average Bonchev–Trinajstić information content (AvgIpc) is 2.30. The van der Waals surface area contributed by atoms with Gasteiger partial charge in [-0.05, 0) is 24.7 Å². The molecule has 1 fully saturated rings. The molecule has 0 aromatic carbocycles. The van der Waals surface area contributed by atoms with Crippen LogP contribution in [0.25, 0.3) is 0 Å². The maximum atomic E-state index is 11.3. The van der Waals surface area contributed by atoms with Crippen molar-refractivity contribution in [2.75, 3.05) is 0 Å². The van der Waals surface area contributed by atoms with Gasteiger partial charge in [0.05, 0.1) is 0 Å². The molecule has 1 saturated carbocycles. The van der Waals surface area contributed by atoms with E-state index in [2.05, 4.69) is 23.9 Å². The first-order chi connectivity index (χ1) is 8.78. The fraction of sp³-hybridized carbons (Fsp3) is 0.750. The Hall–Kier alpha value is -1.08. The van der Waals surface area contributed by atoms with Gasteiger partial charge in [-0.3, -0.25) is 19.4 Å². The number of hydrogen-bond donors (Lipinski definition) is 2. The van der Waals surface area contributed by atoms with Crippen LogP contribution >= 0.6 is 11.8 Å². The van der Waals surface area contributed by atoms with Gasteiger partial charge < -0.3 is 5.73 Å². The predicted octanol–water partition coefficient (Wildman–Crippen LogP) is 0.467. The topological polar surface area (TPSA) is 93.8 Å². The van der Waals surface area contributed by atoms with Crippen molar-refractivity contribution >= 4 is 11.8 Å². The van der Waals surface area contributed by atoms with Crippen molar-refractivity contribution in [1.82, 2.24) is 14.8 Å². The van der Waals surface area contributed by atoms with Crippen LogP contribution in [0.2, 0.25) is 0 Å². The Morgan fingerprint density at radius 2 is 2.16 bits per heavy atom. The van der Waals surface area contributed by atoms with E-state index >= 15 is 0 Å². The number of nitrogens with two attached hydrogens (primary N) is 1. The van der Waals surface area contributed by atoms with E-state index in [-0.39, 0.29) is 16.7 Å². The minimum atomic E-state index is -0.746. The number of H-pyrrole nitrogens is 1. The molecule has 3 N–H and O–H groups in total. The molecule has 1 heterocycles. The molecule has 19 heavy (non-hydrogen) atoms. The summed E-state index contributed by atoms with van der Waals surface area (Å²) in [7, 11) is 1.68. The fourth-order valence-corrected chi connectivity index (χ4v) is 3.83. The zero-order valence-corrected chi connectivity index (χ0v) is 12.3. The van der Waals surface area contributed by atoms with E-state index in [9.17, 15) is 9.59 Å². The monoisotopic (exact) mass is 284 g/mol. The zero-order valence-electron chi connectivity index (χ0n) is 11.5. The lowest BCUT2D eigenvalue weighted by Gasteiger charge is -2.38. The molecular formula is C12H20N4O2S. The molecule has 1 aromatic heterocycles. The van der Waals surface area contributed by atoms with Gasteiger partial charge in [0, 0.05) is 18.3 Å². The standard InChI is InChI=1S/C12H20N4O2S/c1-12(2)5-4-7(13)8(6-12)19-11-14-9(17)10(18)15-16(11)3/h7-8H,4-6,13H2,1-3H3,(H,15,18). The Morgan fingerprint density at radius 1 is 1.47 bits per heavy atom. The van der Waals surface area contributed by atoms with Gasteiger partial charge in [0.1, 0.15) is 0 Å². The Bertz CT molecular complexity index is 578. The second-order valence-electron chi connectivity index (χ2n) is 5.93. The van der Waals surface area contributed by atoms with Crippen molar-refractivity contribution in [3.63, 3.8) is 0 Å². The number of aromatic amines is 1. The van der Waals surface area contributed by atoms with E-state index in [0.29, 0.717) is 5.16 Å². The number of hydrogen-bond acceptors (Lipinski definition) is 5. The van der Waals surface area contributed by atoms with Crippen LogP contribution in [0.3, 0.4) is 0 Å². The second kappa shape index (κ2) is 5.13. The van der Waals surface area contributed by atoms with E-state index < -0.39 is 11.1 Å². The summed E-state index contributed by atoms with van der Waals surface area (Å²) in [5.41, 5.74) is 4.98. The largest absolute Gasteiger partial charge is 0.339 e. The Morgan fingerprint density at radius 3 is 2.84 bits per heavy atom. The number of aromatic nitrogens is 3. The van der Waals surface area contributed by atoms with E-state index in [0.717, 1.165) is 19.3 Å². The number of nitrogens with one attached hydrogen (secondary N) is 1. The molecule has 0 amide bonds. The van der Waals surface area contributed by atoms with Crippen molar-refractivity contribution in [3.8, 4) is 0 Å². The first-order valence-corrected chi connectivity index (χ1v) is 7.26. The summed E-state index contributed by atoms with van der Waals surface area (Å²) in [5.74, 6) is 0. The minimum absolute atomic E-state index is 0.0989. The summed E-state index contributed by atoms with van der Waals surface area (Å²) < 4.78 is 1.49. The molecule has 7 heteroatoms. The highest BCUT2D eigenvalue weighted by molar-refractivity contribution is 7.99. The lowest BCUT2D eigenvalue weighted by molar-refractivity contribution is 0.232. The summed E-state index contributed by atoms with van der Waals surface area (Å²) in [4.78, 5) is 26.3. The van der Waals surface area contributed by atoms with Crippen LogP contribution in [0.5, 0.6) is 0 Å². The van der Waals surface area contributed by atoms with Crippen molar-refractivity contribution < 1.29 is 0 Å². The summed E-state index contributed by atoms with van der Waals surface area (Å²) in [6.45, 7) is 4.46. The molecule has 1 aromatic rings. The lowest BCUT2D eigenvalue weighted by Crippen LogP contribution is -2.42. The molecule has 2 unspecified atom stereocenters. The van der Waals surface area contributed by atoms with Crippen LogP contribution in [0.1, 0.15) is 33.1 Å². The van der Waals surface area contributed by atoms with Crippen LogP contribution in [0.4, 0.5) is 0 Å². The highest BCUT2D eigenvalue weighted by Gasteiger charge is 2.34. The van der Waals surface area contributed by atoms with Gasteiger partial charge in [-0.25, -0.2) is 0 Å². The summed E-state index contributed by atoms with van der Waals surface area (Å²) in [6, 6.07) is 0.0989. The SMILES string of the molecule is Cn1[nH]c(=O)c(=O)nc1SC1CC(C)(C)CCC1N. The van der Waals surface area contributed by atoms with E-state index in [1.165, 1.54) is 16.4 Å². The molecule has 0 radical (unpaired) electrons. The molecule has 2 rings (SSSR count). The van der Waals surface area contributed by atoms with E-state index in [1.54, 1.807) is 7.05 Å². The third-order valence-corrected chi connectivity index (χ3v) is 4.99. The first kappa shape index (κ1) is 14.3. The second-order valence-corrected chi connectivity index (χ2v) is 7.13. The maximum Gasteiger partial charge on any atom is 0.339 e. The van der Waals surface area contributed by atoms with Gasteiger partial charge in [-0.2, -0.15) is 4.98 Å². The Kier molecular flexibility index (Phi) is 3.87. The quantitative estimate of drug-likeness (QED) is 0.770. The molecule has 1 aliphatic carbocycles. The van der Waals surface area contributed by atoms with Crippen molar-refractivity contribution in [2.24, 2.45) is 18.2 Å². The molecule has 0 bridgehead atoms.